The van der Waals surface area contributed by atoms with Crippen LogP contribution in [0.2, 0.25) is 0 Å². The molecule has 0 aromatic heterocycles. The maximum Gasteiger partial charge on any atom is 0.0751 e. The maximum absolute atomic E-state index is 8.29. The molecule has 0 heterocycles. The van der Waals surface area contributed by atoms with Crippen molar-refractivity contribution in [2.45, 2.75) is 45.4 Å². The first-order chi connectivity index (χ1) is 4.91. The van der Waals surface area contributed by atoms with Crippen molar-refractivity contribution in [1.29, 1.82) is 0 Å². The van der Waals surface area contributed by atoms with Gasteiger partial charge < -0.3 is 5.11 Å². The first-order valence-corrected chi connectivity index (χ1v) is 4.21. The minimum atomic E-state index is 1.03. The average Bonchev–Trinajstić information content (AvgIpc) is 1.97. The number of aliphatic hydroxyl groups excluding tert-OH is 1. The molecular formula is C9H18O. The lowest BCUT2D eigenvalue weighted by Gasteiger charge is -1.94. The molecule has 0 atom stereocenters. The highest BCUT2D eigenvalue weighted by molar-refractivity contribution is 4.70. The van der Waals surface area contributed by atoms with Gasteiger partial charge in [-0.1, -0.05) is 38.7 Å². The molecule has 0 amide bonds. The summed E-state index contributed by atoms with van der Waals surface area (Å²) in [5.41, 5.74) is 0. The zero-order valence-corrected chi connectivity index (χ0v) is 6.84. The van der Waals surface area contributed by atoms with E-state index in [1.807, 2.05) is 6.08 Å². The van der Waals surface area contributed by atoms with Gasteiger partial charge in [0.2, 0.25) is 0 Å². The fourth-order valence-corrected chi connectivity index (χ4v) is 0.940. The summed E-state index contributed by atoms with van der Waals surface area (Å²) in [6, 6.07) is 0. The van der Waals surface area contributed by atoms with E-state index in [2.05, 4.69) is 6.92 Å². The molecule has 1 nitrogen and oxygen atoms in total. The van der Waals surface area contributed by atoms with Gasteiger partial charge in [0, 0.05) is 0 Å². The molecule has 0 radical (unpaired) electrons. The highest BCUT2D eigenvalue weighted by Crippen LogP contribution is 2.04. The average molecular weight is 142 g/mol. The van der Waals surface area contributed by atoms with E-state index in [-0.39, 0.29) is 0 Å². The van der Waals surface area contributed by atoms with Crippen molar-refractivity contribution in [3.8, 4) is 0 Å². The SMILES string of the molecule is CCCCCCC/C=C/O. The van der Waals surface area contributed by atoms with Crippen molar-refractivity contribution in [1.82, 2.24) is 0 Å². The highest BCUT2D eigenvalue weighted by atomic mass is 16.2. The predicted molar refractivity (Wildman–Crippen MR) is 45.1 cm³/mol. The molecule has 0 spiro atoms. The molecule has 0 fully saturated rings. The van der Waals surface area contributed by atoms with Crippen molar-refractivity contribution in [2.24, 2.45) is 0 Å². The molecule has 10 heavy (non-hydrogen) atoms. The van der Waals surface area contributed by atoms with Gasteiger partial charge in [-0.25, -0.2) is 0 Å². The van der Waals surface area contributed by atoms with Gasteiger partial charge in [-0.3, -0.25) is 0 Å². The smallest absolute Gasteiger partial charge is 0.0751 e. The quantitative estimate of drug-likeness (QED) is 0.445. The number of hydrogen-bond donors (Lipinski definition) is 1. The van der Waals surface area contributed by atoms with E-state index in [9.17, 15) is 0 Å². The molecule has 0 aliphatic rings. The predicted octanol–water partition coefficient (Wildman–Crippen LogP) is 3.42. The first kappa shape index (κ1) is 9.54. The van der Waals surface area contributed by atoms with E-state index >= 15 is 0 Å². The van der Waals surface area contributed by atoms with E-state index in [1.54, 1.807) is 0 Å². The van der Waals surface area contributed by atoms with E-state index in [4.69, 9.17) is 5.11 Å². The van der Waals surface area contributed by atoms with Gasteiger partial charge in [0.15, 0.2) is 0 Å². The molecule has 0 saturated carbocycles. The van der Waals surface area contributed by atoms with Crippen LogP contribution in [-0.4, -0.2) is 5.11 Å². The van der Waals surface area contributed by atoms with Crippen LogP contribution in [0, 0.1) is 0 Å². The summed E-state index contributed by atoms with van der Waals surface area (Å²) < 4.78 is 0. The lowest BCUT2D eigenvalue weighted by molar-refractivity contribution is 0.469. The second kappa shape index (κ2) is 8.54. The zero-order chi connectivity index (χ0) is 7.66. The first-order valence-electron chi connectivity index (χ1n) is 4.21. The van der Waals surface area contributed by atoms with Gasteiger partial charge in [-0.15, -0.1) is 0 Å². The standard InChI is InChI=1S/C9H18O/c1-2-3-4-5-6-7-8-9-10/h8-10H,2-7H2,1H3/b9-8+. The lowest BCUT2D eigenvalue weighted by atomic mass is 10.1. The molecule has 60 valence electrons. The fraction of sp³-hybridized carbons (Fsp3) is 0.778. The van der Waals surface area contributed by atoms with Crippen molar-refractivity contribution in [2.75, 3.05) is 0 Å². The summed E-state index contributed by atoms with van der Waals surface area (Å²) >= 11 is 0. The van der Waals surface area contributed by atoms with E-state index in [0.717, 1.165) is 12.7 Å². The normalized spacial score (nSPS) is 10.9. The third-order valence-electron chi connectivity index (χ3n) is 1.58. The summed E-state index contributed by atoms with van der Waals surface area (Å²) in [6.45, 7) is 2.22. The third-order valence-corrected chi connectivity index (χ3v) is 1.58. The minimum Gasteiger partial charge on any atom is -0.516 e. The molecule has 0 saturated heterocycles. The van der Waals surface area contributed by atoms with E-state index in [1.165, 1.54) is 32.1 Å². The number of rotatable bonds is 6. The van der Waals surface area contributed by atoms with Crippen LogP contribution in [0.3, 0.4) is 0 Å². The van der Waals surface area contributed by atoms with E-state index < -0.39 is 0 Å². The molecule has 1 N–H and O–H groups in total. The lowest BCUT2D eigenvalue weighted by Crippen LogP contribution is -1.75. The Labute approximate surface area is 63.8 Å². The van der Waals surface area contributed by atoms with Crippen LogP contribution in [0.15, 0.2) is 12.3 Å². The topological polar surface area (TPSA) is 20.2 Å². The Bertz CT molecular complexity index is 76.8. The van der Waals surface area contributed by atoms with Crippen LogP contribution in [-0.2, 0) is 0 Å². The summed E-state index contributed by atoms with van der Waals surface area (Å²) in [7, 11) is 0. The van der Waals surface area contributed by atoms with Crippen molar-refractivity contribution in [3.63, 3.8) is 0 Å². The second-order valence-corrected chi connectivity index (χ2v) is 2.59. The molecule has 0 unspecified atom stereocenters. The van der Waals surface area contributed by atoms with Gasteiger partial charge in [-0.2, -0.15) is 0 Å². The Hall–Kier alpha value is -0.460. The second-order valence-electron chi connectivity index (χ2n) is 2.59. The molecule has 0 bridgehead atoms. The van der Waals surface area contributed by atoms with Gasteiger partial charge in [0.05, 0.1) is 6.26 Å². The minimum absolute atomic E-state index is 1.03. The summed E-state index contributed by atoms with van der Waals surface area (Å²) in [6.07, 6.45) is 10.5. The van der Waals surface area contributed by atoms with Gasteiger partial charge in [0.25, 0.3) is 0 Å². The Morgan fingerprint density at radius 2 is 1.80 bits per heavy atom. The zero-order valence-electron chi connectivity index (χ0n) is 6.84. The summed E-state index contributed by atoms with van der Waals surface area (Å²) in [5, 5.41) is 8.29. The third kappa shape index (κ3) is 7.54. The van der Waals surface area contributed by atoms with Crippen molar-refractivity contribution in [3.05, 3.63) is 12.3 Å². The van der Waals surface area contributed by atoms with Crippen LogP contribution in [0.4, 0.5) is 0 Å². The number of aliphatic hydroxyl groups is 1. The summed E-state index contributed by atoms with van der Waals surface area (Å²) in [4.78, 5) is 0. The van der Waals surface area contributed by atoms with Crippen LogP contribution in [0.25, 0.3) is 0 Å². The molecule has 0 aliphatic carbocycles. The molecular weight excluding hydrogens is 124 g/mol. The fourth-order valence-electron chi connectivity index (χ4n) is 0.940. The molecule has 1 heteroatoms. The van der Waals surface area contributed by atoms with Gasteiger partial charge >= 0.3 is 0 Å². The number of allylic oxidation sites excluding steroid dienone is 1. The van der Waals surface area contributed by atoms with Gasteiger partial charge in [0.1, 0.15) is 0 Å². The van der Waals surface area contributed by atoms with E-state index in [0.29, 0.717) is 0 Å². The Morgan fingerprint density at radius 1 is 1.10 bits per heavy atom. The highest BCUT2D eigenvalue weighted by Gasteiger charge is 1.85. The van der Waals surface area contributed by atoms with Crippen LogP contribution in [0.5, 0.6) is 0 Å². The van der Waals surface area contributed by atoms with Crippen molar-refractivity contribution < 1.29 is 5.11 Å². The van der Waals surface area contributed by atoms with Gasteiger partial charge in [-0.05, 0) is 12.8 Å². The summed E-state index contributed by atoms with van der Waals surface area (Å²) in [5.74, 6) is 0. The van der Waals surface area contributed by atoms with Crippen LogP contribution < -0.4 is 0 Å². The van der Waals surface area contributed by atoms with Crippen LogP contribution >= 0.6 is 0 Å². The number of hydrogen-bond acceptors (Lipinski definition) is 1. The van der Waals surface area contributed by atoms with Crippen LogP contribution in [0.1, 0.15) is 45.4 Å². The Balaban J connectivity index is 2.77. The largest absolute Gasteiger partial charge is 0.516 e. The molecule has 0 rings (SSSR count). The number of unbranched alkanes of at least 4 members (excludes halogenated alkanes) is 5. The molecule has 0 aromatic rings. The maximum atomic E-state index is 8.29. The Kier molecular flexibility index (Phi) is 8.15. The Morgan fingerprint density at radius 3 is 2.40 bits per heavy atom. The molecule has 0 aromatic carbocycles. The van der Waals surface area contributed by atoms with Crippen molar-refractivity contribution >= 4 is 0 Å². The molecule has 0 aliphatic heterocycles. The monoisotopic (exact) mass is 142 g/mol.